The number of likely N-dealkylation sites (tertiary alicyclic amines) is 1. The molecule has 0 aliphatic carbocycles. The average molecular weight is 462 g/mol. The number of carbonyl (C=O) groups is 2. The van der Waals surface area contributed by atoms with Crippen LogP contribution in [0.5, 0.6) is 11.5 Å². The lowest BCUT2D eigenvalue weighted by atomic mass is 9.96. The third kappa shape index (κ3) is 4.34. The first-order chi connectivity index (χ1) is 16.4. The van der Waals surface area contributed by atoms with Crippen LogP contribution in [0.15, 0.2) is 72.6 Å². The third-order valence-electron chi connectivity index (χ3n) is 5.75. The Balaban J connectivity index is 1.72. The fraction of sp³-hybridized carbons (Fsp3) is 0.192. The van der Waals surface area contributed by atoms with Crippen LogP contribution in [-0.2, 0) is 16.0 Å². The van der Waals surface area contributed by atoms with E-state index in [1.54, 1.807) is 37.7 Å². The molecule has 1 saturated heterocycles. The summed E-state index contributed by atoms with van der Waals surface area (Å²) in [6, 6.07) is 13.1. The maximum absolute atomic E-state index is 13.4. The first kappa shape index (κ1) is 23.0. The molecular formula is C26H23FN2O5. The SMILES string of the molecule is COc1ccc(CCN2C(=O)C(=O)/C(=C(\O)c3ccc(F)cc3)C2c2cccnc2)cc1OC. The van der Waals surface area contributed by atoms with Crippen LogP contribution in [0.25, 0.3) is 5.76 Å². The number of aliphatic hydroxyl groups is 1. The topological polar surface area (TPSA) is 89.0 Å². The number of nitrogens with zero attached hydrogens (tertiary/aromatic N) is 2. The van der Waals surface area contributed by atoms with Gasteiger partial charge in [-0.25, -0.2) is 4.39 Å². The third-order valence-corrected chi connectivity index (χ3v) is 5.75. The van der Waals surface area contributed by atoms with Crippen molar-refractivity contribution in [1.29, 1.82) is 0 Å². The number of pyridine rings is 1. The number of hydrogen-bond acceptors (Lipinski definition) is 6. The van der Waals surface area contributed by atoms with Gasteiger partial charge in [0.2, 0.25) is 0 Å². The van der Waals surface area contributed by atoms with Crippen LogP contribution in [0.3, 0.4) is 0 Å². The van der Waals surface area contributed by atoms with Gasteiger partial charge in [-0.05, 0) is 60.0 Å². The van der Waals surface area contributed by atoms with Gasteiger partial charge in [-0.3, -0.25) is 14.6 Å². The molecule has 0 radical (unpaired) electrons. The molecule has 1 aromatic heterocycles. The van der Waals surface area contributed by atoms with Crippen molar-refractivity contribution >= 4 is 17.4 Å². The molecule has 174 valence electrons. The fourth-order valence-corrected chi connectivity index (χ4v) is 4.04. The van der Waals surface area contributed by atoms with E-state index in [1.165, 1.54) is 36.3 Å². The molecule has 1 N–H and O–H groups in total. The van der Waals surface area contributed by atoms with Crippen molar-refractivity contribution in [2.24, 2.45) is 0 Å². The molecule has 0 bridgehead atoms. The molecule has 3 aromatic rings. The largest absolute Gasteiger partial charge is 0.507 e. The Morgan fingerprint density at radius 1 is 1.06 bits per heavy atom. The van der Waals surface area contributed by atoms with Gasteiger partial charge in [0.05, 0.1) is 25.8 Å². The summed E-state index contributed by atoms with van der Waals surface area (Å²) in [5, 5.41) is 11.0. The zero-order valence-electron chi connectivity index (χ0n) is 18.7. The molecule has 1 aliphatic rings. The highest BCUT2D eigenvalue weighted by molar-refractivity contribution is 6.46. The first-order valence-corrected chi connectivity index (χ1v) is 10.6. The van der Waals surface area contributed by atoms with Crippen LogP contribution >= 0.6 is 0 Å². The Morgan fingerprint density at radius 3 is 2.44 bits per heavy atom. The zero-order valence-corrected chi connectivity index (χ0v) is 18.7. The molecule has 1 aliphatic heterocycles. The van der Waals surface area contributed by atoms with E-state index in [0.717, 1.165) is 5.56 Å². The highest BCUT2D eigenvalue weighted by Gasteiger charge is 2.45. The van der Waals surface area contributed by atoms with Gasteiger partial charge in [-0.1, -0.05) is 12.1 Å². The van der Waals surface area contributed by atoms with Crippen LogP contribution in [0.1, 0.15) is 22.7 Å². The molecule has 1 fully saturated rings. The second-order valence-electron chi connectivity index (χ2n) is 7.73. The molecule has 2 heterocycles. The average Bonchev–Trinajstić information content (AvgIpc) is 3.12. The highest BCUT2D eigenvalue weighted by atomic mass is 19.1. The highest BCUT2D eigenvalue weighted by Crippen LogP contribution is 2.39. The molecule has 8 heteroatoms. The molecule has 2 aromatic carbocycles. The number of ketones is 1. The summed E-state index contributed by atoms with van der Waals surface area (Å²) in [7, 11) is 3.09. The number of Topliss-reactive ketones (excluding diaryl/α,β-unsaturated/α-hetero) is 1. The molecule has 7 nitrogen and oxygen atoms in total. The van der Waals surface area contributed by atoms with E-state index < -0.39 is 23.5 Å². The van der Waals surface area contributed by atoms with Gasteiger partial charge in [0.1, 0.15) is 11.6 Å². The molecule has 1 unspecified atom stereocenters. The van der Waals surface area contributed by atoms with Gasteiger partial charge >= 0.3 is 0 Å². The van der Waals surface area contributed by atoms with E-state index in [-0.39, 0.29) is 23.4 Å². The summed E-state index contributed by atoms with van der Waals surface area (Å²) in [5.41, 5.74) is 1.64. The smallest absolute Gasteiger partial charge is 0.295 e. The van der Waals surface area contributed by atoms with Crippen molar-refractivity contribution in [3.05, 3.63) is 95.1 Å². The number of rotatable bonds is 7. The molecule has 0 spiro atoms. The number of amides is 1. The minimum Gasteiger partial charge on any atom is -0.507 e. The van der Waals surface area contributed by atoms with Crippen LogP contribution < -0.4 is 9.47 Å². The second-order valence-corrected chi connectivity index (χ2v) is 7.73. The fourth-order valence-electron chi connectivity index (χ4n) is 4.04. The second kappa shape index (κ2) is 9.74. The molecular weight excluding hydrogens is 439 g/mol. The van der Waals surface area contributed by atoms with E-state index >= 15 is 0 Å². The Kier molecular flexibility index (Phi) is 6.58. The Morgan fingerprint density at radius 2 is 1.79 bits per heavy atom. The number of ether oxygens (including phenoxy) is 2. The standard InChI is InChI=1S/C26H23FN2O5/c1-33-20-10-5-16(14-21(20)34-2)11-13-29-23(18-4-3-12-28-15-18)22(25(31)26(29)32)24(30)17-6-8-19(27)9-7-17/h3-10,12,14-15,23,30H,11,13H2,1-2H3/b24-22-. The van der Waals surface area contributed by atoms with Gasteiger partial charge < -0.3 is 19.5 Å². The molecule has 34 heavy (non-hydrogen) atoms. The van der Waals surface area contributed by atoms with Crippen LogP contribution in [-0.4, -0.2) is 47.4 Å². The van der Waals surface area contributed by atoms with E-state index in [4.69, 9.17) is 9.47 Å². The summed E-state index contributed by atoms with van der Waals surface area (Å²) in [5.74, 6) is -1.22. The minimum absolute atomic E-state index is 0.0584. The summed E-state index contributed by atoms with van der Waals surface area (Å²) in [4.78, 5) is 31.6. The van der Waals surface area contributed by atoms with E-state index in [1.807, 2.05) is 12.1 Å². The predicted molar refractivity (Wildman–Crippen MR) is 123 cm³/mol. The maximum Gasteiger partial charge on any atom is 0.295 e. The summed E-state index contributed by atoms with van der Waals surface area (Å²) in [6.45, 7) is 0.208. The van der Waals surface area contributed by atoms with Gasteiger partial charge in [0, 0.05) is 24.5 Å². The predicted octanol–water partition coefficient (Wildman–Crippen LogP) is 3.90. The quantitative estimate of drug-likeness (QED) is 0.326. The van der Waals surface area contributed by atoms with Crippen molar-refractivity contribution in [3.63, 3.8) is 0 Å². The number of halogens is 1. The van der Waals surface area contributed by atoms with Crippen molar-refractivity contribution in [1.82, 2.24) is 9.88 Å². The van der Waals surface area contributed by atoms with Gasteiger partial charge in [0.25, 0.3) is 11.7 Å². The monoisotopic (exact) mass is 462 g/mol. The van der Waals surface area contributed by atoms with Crippen molar-refractivity contribution in [2.75, 3.05) is 20.8 Å². The van der Waals surface area contributed by atoms with Gasteiger partial charge in [0.15, 0.2) is 11.5 Å². The molecule has 0 saturated carbocycles. The van der Waals surface area contributed by atoms with E-state index in [0.29, 0.717) is 23.5 Å². The van der Waals surface area contributed by atoms with Gasteiger partial charge in [-0.2, -0.15) is 0 Å². The van der Waals surface area contributed by atoms with Crippen LogP contribution in [0.2, 0.25) is 0 Å². The first-order valence-electron chi connectivity index (χ1n) is 10.6. The lowest BCUT2D eigenvalue weighted by Crippen LogP contribution is -2.31. The lowest BCUT2D eigenvalue weighted by molar-refractivity contribution is -0.139. The Bertz CT molecular complexity index is 1240. The van der Waals surface area contributed by atoms with Crippen LogP contribution in [0.4, 0.5) is 4.39 Å². The molecule has 4 rings (SSSR count). The lowest BCUT2D eigenvalue weighted by Gasteiger charge is -2.25. The molecule has 1 amide bonds. The normalized spacial score (nSPS) is 17.1. The Labute approximate surface area is 196 Å². The molecule has 1 atom stereocenters. The van der Waals surface area contributed by atoms with E-state index in [9.17, 15) is 19.1 Å². The minimum atomic E-state index is -0.834. The number of carbonyl (C=O) groups excluding carboxylic acids is 2. The number of methoxy groups -OCH3 is 2. The van der Waals surface area contributed by atoms with Gasteiger partial charge in [-0.15, -0.1) is 0 Å². The van der Waals surface area contributed by atoms with Crippen molar-refractivity contribution in [2.45, 2.75) is 12.5 Å². The summed E-state index contributed by atoms with van der Waals surface area (Å²) >= 11 is 0. The van der Waals surface area contributed by atoms with Crippen molar-refractivity contribution < 1.29 is 28.6 Å². The maximum atomic E-state index is 13.4. The number of hydrogen-bond donors (Lipinski definition) is 1. The summed E-state index contributed by atoms with van der Waals surface area (Å²) in [6.07, 6.45) is 3.57. The van der Waals surface area contributed by atoms with Crippen LogP contribution in [0, 0.1) is 5.82 Å². The van der Waals surface area contributed by atoms with E-state index in [2.05, 4.69) is 4.98 Å². The Hall–Kier alpha value is -4.20. The zero-order chi connectivity index (χ0) is 24.2. The number of aromatic nitrogens is 1. The summed E-state index contributed by atoms with van der Waals surface area (Å²) < 4.78 is 24.0. The van der Waals surface area contributed by atoms with Crippen molar-refractivity contribution in [3.8, 4) is 11.5 Å². The number of aliphatic hydroxyl groups excluding tert-OH is 1. The number of benzene rings is 2.